The summed E-state index contributed by atoms with van der Waals surface area (Å²) in [5.41, 5.74) is 5.46. The van der Waals surface area contributed by atoms with Gasteiger partial charge in [0.2, 0.25) is 0 Å². The van der Waals surface area contributed by atoms with E-state index in [1.165, 1.54) is 17.2 Å². The van der Waals surface area contributed by atoms with Crippen molar-refractivity contribution in [3.8, 4) is 0 Å². The molecule has 2 nitrogen and oxygen atoms in total. The Morgan fingerprint density at radius 3 is 2.48 bits per heavy atom. The molecule has 0 amide bonds. The van der Waals surface area contributed by atoms with E-state index in [1.807, 2.05) is 6.92 Å². The fourth-order valence-corrected chi connectivity index (χ4v) is 2.31. The molecule has 0 bridgehead atoms. The maximum absolute atomic E-state index is 13.6. The van der Waals surface area contributed by atoms with E-state index in [4.69, 9.17) is 5.84 Å². The first kappa shape index (κ1) is 15.6. The summed E-state index contributed by atoms with van der Waals surface area (Å²) in [6.45, 7) is 2.04. The van der Waals surface area contributed by atoms with Crippen LogP contribution in [-0.4, -0.2) is 6.04 Å². The van der Waals surface area contributed by atoms with Crippen molar-refractivity contribution in [1.29, 1.82) is 0 Å². The third-order valence-corrected chi connectivity index (χ3v) is 3.61. The van der Waals surface area contributed by atoms with Crippen molar-refractivity contribution in [3.05, 3.63) is 70.8 Å². The first-order valence-electron chi connectivity index (χ1n) is 7.04. The summed E-state index contributed by atoms with van der Waals surface area (Å²) < 4.78 is 26.8. The van der Waals surface area contributed by atoms with E-state index in [1.54, 1.807) is 0 Å². The number of rotatable bonds is 6. The van der Waals surface area contributed by atoms with Crippen LogP contribution in [0.3, 0.4) is 0 Å². The highest BCUT2D eigenvalue weighted by Gasteiger charge is 2.12. The molecule has 3 N–H and O–H groups in total. The molecule has 0 fully saturated rings. The molecule has 0 aliphatic rings. The van der Waals surface area contributed by atoms with Crippen molar-refractivity contribution < 1.29 is 8.78 Å². The van der Waals surface area contributed by atoms with Gasteiger partial charge >= 0.3 is 0 Å². The zero-order chi connectivity index (χ0) is 15.2. The van der Waals surface area contributed by atoms with Crippen LogP contribution in [0, 0.1) is 18.6 Å². The van der Waals surface area contributed by atoms with Crippen LogP contribution in [0.1, 0.15) is 23.1 Å². The minimum Gasteiger partial charge on any atom is -0.271 e. The zero-order valence-corrected chi connectivity index (χ0v) is 12.1. The Morgan fingerprint density at radius 2 is 1.81 bits per heavy atom. The molecule has 1 atom stereocenters. The largest absolute Gasteiger partial charge is 0.271 e. The fourth-order valence-electron chi connectivity index (χ4n) is 2.31. The highest BCUT2D eigenvalue weighted by atomic mass is 19.1. The number of hydrogen-bond acceptors (Lipinski definition) is 2. The number of hydrogen-bond donors (Lipinski definition) is 2. The lowest BCUT2D eigenvalue weighted by Gasteiger charge is -2.16. The second-order valence-corrected chi connectivity index (χ2v) is 5.33. The van der Waals surface area contributed by atoms with Gasteiger partial charge in [0.25, 0.3) is 0 Å². The van der Waals surface area contributed by atoms with E-state index in [0.717, 1.165) is 25.0 Å². The SMILES string of the molecule is Cc1ccc(CCC(Cc2cc(F)ccc2F)NN)cc1. The maximum atomic E-state index is 13.6. The number of nitrogens with one attached hydrogen (secondary N) is 1. The van der Waals surface area contributed by atoms with Gasteiger partial charge in [0.05, 0.1) is 0 Å². The van der Waals surface area contributed by atoms with Gasteiger partial charge in [0.1, 0.15) is 11.6 Å². The molecule has 4 heteroatoms. The van der Waals surface area contributed by atoms with Gasteiger partial charge in [-0.25, -0.2) is 8.78 Å². The quantitative estimate of drug-likeness (QED) is 0.633. The lowest BCUT2D eigenvalue weighted by atomic mass is 9.98. The average molecular weight is 290 g/mol. The summed E-state index contributed by atoms with van der Waals surface area (Å²) >= 11 is 0. The molecule has 1 unspecified atom stereocenters. The standard InChI is InChI=1S/C17H20F2N2/c1-12-2-4-13(5-3-12)6-8-16(21-20)11-14-10-15(18)7-9-17(14)19/h2-5,7,9-10,16,21H,6,8,11,20H2,1H3. The highest BCUT2D eigenvalue weighted by Crippen LogP contribution is 2.14. The number of halogens is 2. The van der Waals surface area contributed by atoms with Crippen LogP contribution in [0.15, 0.2) is 42.5 Å². The molecule has 0 aliphatic carbocycles. The zero-order valence-electron chi connectivity index (χ0n) is 12.1. The van der Waals surface area contributed by atoms with Gasteiger partial charge in [-0.05, 0) is 55.5 Å². The maximum Gasteiger partial charge on any atom is 0.126 e. The molecule has 0 heterocycles. The highest BCUT2D eigenvalue weighted by molar-refractivity contribution is 5.22. The predicted octanol–water partition coefficient (Wildman–Crippen LogP) is 3.28. The molecular weight excluding hydrogens is 270 g/mol. The Hall–Kier alpha value is -1.78. The summed E-state index contributed by atoms with van der Waals surface area (Å²) in [5, 5.41) is 0. The minimum atomic E-state index is -0.430. The van der Waals surface area contributed by atoms with Crippen LogP contribution in [-0.2, 0) is 12.8 Å². The molecule has 112 valence electrons. The predicted molar refractivity (Wildman–Crippen MR) is 80.7 cm³/mol. The molecule has 0 aliphatic heterocycles. The number of benzene rings is 2. The van der Waals surface area contributed by atoms with Gasteiger partial charge in [-0.3, -0.25) is 11.3 Å². The lowest BCUT2D eigenvalue weighted by molar-refractivity contribution is 0.477. The topological polar surface area (TPSA) is 38.0 Å². The van der Waals surface area contributed by atoms with Crippen molar-refractivity contribution in [2.45, 2.75) is 32.2 Å². The van der Waals surface area contributed by atoms with E-state index < -0.39 is 11.6 Å². The van der Waals surface area contributed by atoms with Gasteiger partial charge in [0.15, 0.2) is 0 Å². The van der Waals surface area contributed by atoms with Crippen LogP contribution in [0.2, 0.25) is 0 Å². The first-order valence-corrected chi connectivity index (χ1v) is 7.04. The van der Waals surface area contributed by atoms with Gasteiger partial charge in [0, 0.05) is 6.04 Å². The van der Waals surface area contributed by atoms with Gasteiger partial charge in [-0.1, -0.05) is 29.8 Å². The summed E-state index contributed by atoms with van der Waals surface area (Å²) in [6, 6.07) is 11.7. The summed E-state index contributed by atoms with van der Waals surface area (Å²) in [7, 11) is 0. The lowest BCUT2D eigenvalue weighted by Crippen LogP contribution is -2.37. The second kappa shape index (κ2) is 7.29. The van der Waals surface area contributed by atoms with E-state index in [0.29, 0.717) is 12.0 Å². The van der Waals surface area contributed by atoms with E-state index in [9.17, 15) is 8.78 Å². The molecule has 2 rings (SSSR count). The molecule has 2 aromatic rings. The fraction of sp³-hybridized carbons (Fsp3) is 0.294. The number of hydrazine groups is 1. The number of aryl methyl sites for hydroxylation is 2. The third kappa shape index (κ3) is 4.62. The van der Waals surface area contributed by atoms with Gasteiger partial charge in [-0.2, -0.15) is 0 Å². The Morgan fingerprint density at radius 1 is 1.10 bits per heavy atom. The average Bonchev–Trinajstić information content (AvgIpc) is 2.48. The first-order chi connectivity index (χ1) is 10.1. The third-order valence-electron chi connectivity index (χ3n) is 3.61. The van der Waals surface area contributed by atoms with Gasteiger partial charge in [-0.15, -0.1) is 0 Å². The normalized spacial score (nSPS) is 12.4. The summed E-state index contributed by atoms with van der Waals surface area (Å²) in [6.07, 6.45) is 1.97. The summed E-state index contributed by atoms with van der Waals surface area (Å²) in [5.74, 6) is 4.70. The van der Waals surface area contributed by atoms with Crippen molar-refractivity contribution in [3.63, 3.8) is 0 Å². The summed E-state index contributed by atoms with van der Waals surface area (Å²) in [4.78, 5) is 0. The van der Waals surface area contributed by atoms with E-state index in [-0.39, 0.29) is 6.04 Å². The van der Waals surface area contributed by atoms with Gasteiger partial charge < -0.3 is 0 Å². The van der Waals surface area contributed by atoms with Crippen molar-refractivity contribution >= 4 is 0 Å². The molecule has 0 aromatic heterocycles. The Kier molecular flexibility index (Phi) is 5.42. The van der Waals surface area contributed by atoms with Crippen molar-refractivity contribution in [1.82, 2.24) is 5.43 Å². The number of nitrogens with two attached hydrogens (primary N) is 1. The van der Waals surface area contributed by atoms with Crippen LogP contribution < -0.4 is 11.3 Å². The molecular formula is C17H20F2N2. The van der Waals surface area contributed by atoms with Crippen LogP contribution in [0.4, 0.5) is 8.78 Å². The van der Waals surface area contributed by atoms with Crippen LogP contribution in [0.25, 0.3) is 0 Å². The molecule has 2 aromatic carbocycles. The Bertz CT molecular complexity index is 582. The minimum absolute atomic E-state index is 0.0948. The van der Waals surface area contributed by atoms with Crippen molar-refractivity contribution in [2.24, 2.45) is 5.84 Å². The molecule has 0 saturated carbocycles. The Balaban J connectivity index is 1.96. The van der Waals surface area contributed by atoms with Crippen LogP contribution >= 0.6 is 0 Å². The van der Waals surface area contributed by atoms with Crippen molar-refractivity contribution in [2.75, 3.05) is 0 Å². The monoisotopic (exact) mass is 290 g/mol. The Labute approximate surface area is 124 Å². The second-order valence-electron chi connectivity index (χ2n) is 5.33. The van der Waals surface area contributed by atoms with E-state index in [2.05, 4.69) is 29.7 Å². The molecule has 0 saturated heterocycles. The van der Waals surface area contributed by atoms with E-state index >= 15 is 0 Å². The smallest absolute Gasteiger partial charge is 0.126 e. The molecule has 21 heavy (non-hydrogen) atoms. The molecule has 0 spiro atoms. The van der Waals surface area contributed by atoms with Crippen LogP contribution in [0.5, 0.6) is 0 Å². The molecule has 0 radical (unpaired) electrons.